The second-order valence-corrected chi connectivity index (χ2v) is 11.3. The Kier molecular flexibility index (Phi) is 8.38. The number of para-hydroxylation sites is 2. The van der Waals surface area contributed by atoms with Gasteiger partial charge in [0.2, 0.25) is 0 Å². The zero-order chi connectivity index (χ0) is 28.0. The Labute approximate surface area is 255 Å². The lowest BCUT2D eigenvalue weighted by Crippen LogP contribution is -1.91. The molecule has 0 aliphatic heterocycles. The zero-order valence-electron chi connectivity index (χ0n) is 22.0. The fourth-order valence-corrected chi connectivity index (χ4v) is 5.96. The number of hydrogen-bond acceptors (Lipinski definition) is 5. The molecule has 2 nitrogen and oxygen atoms in total. The molecule has 0 unspecified atom stereocenters. The minimum Gasteiger partial charge on any atom is -0.456 e. The van der Waals surface area contributed by atoms with E-state index in [2.05, 4.69) is 98.1 Å². The molecule has 0 fully saturated rings. The summed E-state index contributed by atoms with van der Waals surface area (Å²) in [6.07, 6.45) is 0. The summed E-state index contributed by atoms with van der Waals surface area (Å²) in [5.74, 6) is 2.96. The van der Waals surface area contributed by atoms with Crippen LogP contribution in [0.1, 0.15) is 0 Å². The summed E-state index contributed by atoms with van der Waals surface area (Å²) in [5, 5.41) is 0. The summed E-state index contributed by atoms with van der Waals surface area (Å²) < 4.78 is 12.5. The Morgan fingerprint density at radius 2 is 0.805 bits per heavy atom. The van der Waals surface area contributed by atoms with Gasteiger partial charge in [0.1, 0.15) is 23.0 Å². The van der Waals surface area contributed by atoms with Crippen molar-refractivity contribution in [1.29, 1.82) is 0 Å². The summed E-state index contributed by atoms with van der Waals surface area (Å²) in [6, 6.07) is 48.8. The van der Waals surface area contributed by atoms with E-state index in [0.717, 1.165) is 64.8 Å². The van der Waals surface area contributed by atoms with Gasteiger partial charge in [-0.3, -0.25) is 0 Å². The van der Waals surface area contributed by atoms with Crippen molar-refractivity contribution in [2.45, 2.75) is 19.6 Å². The van der Waals surface area contributed by atoms with Crippen LogP contribution in [0.3, 0.4) is 0 Å². The number of ether oxygens (including phenoxy) is 2. The van der Waals surface area contributed by atoms with Gasteiger partial charge < -0.3 is 9.47 Å². The summed E-state index contributed by atoms with van der Waals surface area (Å²) in [6.45, 7) is 0. The molecule has 0 saturated heterocycles. The lowest BCUT2D eigenvalue weighted by atomic mass is 10.1. The third-order valence-electron chi connectivity index (χ3n) is 6.48. The van der Waals surface area contributed by atoms with Crippen molar-refractivity contribution in [3.8, 4) is 45.3 Å². The summed E-state index contributed by atoms with van der Waals surface area (Å²) in [7, 11) is 0. The van der Waals surface area contributed by atoms with E-state index < -0.39 is 0 Å². The lowest BCUT2D eigenvalue weighted by molar-refractivity contribution is 0.471. The van der Waals surface area contributed by atoms with Crippen LogP contribution in [0.15, 0.2) is 165 Å². The van der Waals surface area contributed by atoms with Crippen LogP contribution in [-0.2, 0) is 0 Å². The minimum absolute atomic E-state index is 0.722. The monoisotopic (exact) mass is 586 g/mol. The van der Waals surface area contributed by atoms with Gasteiger partial charge in [0.15, 0.2) is 0 Å². The molecule has 6 aromatic carbocycles. The van der Waals surface area contributed by atoms with Crippen molar-refractivity contribution in [2.75, 3.05) is 0 Å². The van der Waals surface area contributed by atoms with Gasteiger partial charge in [-0.05, 0) is 82.9 Å². The quantitative estimate of drug-likeness (QED) is 0.173. The van der Waals surface area contributed by atoms with Gasteiger partial charge in [-0.1, -0.05) is 96.7 Å². The maximum Gasteiger partial charge on any atom is 0.140 e. The van der Waals surface area contributed by atoms with Crippen LogP contribution in [0.25, 0.3) is 22.3 Å². The SMILES string of the molecule is Sc1ccccc1Oc1ccc(Sc2ccc(Oc3ccccc3S)cc2-c2ccccc2)c(-c2ccccc2)c1. The van der Waals surface area contributed by atoms with E-state index in [1.54, 1.807) is 11.8 Å². The molecular weight excluding hydrogens is 561 g/mol. The van der Waals surface area contributed by atoms with Crippen LogP contribution < -0.4 is 9.47 Å². The Morgan fingerprint density at radius 3 is 1.22 bits per heavy atom. The van der Waals surface area contributed by atoms with Crippen molar-refractivity contribution in [1.82, 2.24) is 0 Å². The largest absolute Gasteiger partial charge is 0.456 e. The third kappa shape index (κ3) is 6.49. The van der Waals surface area contributed by atoms with E-state index in [0.29, 0.717) is 0 Å². The second kappa shape index (κ2) is 12.6. The molecule has 6 aromatic rings. The first-order chi connectivity index (χ1) is 20.1. The van der Waals surface area contributed by atoms with E-state index in [9.17, 15) is 0 Å². The smallest absolute Gasteiger partial charge is 0.140 e. The molecule has 0 bridgehead atoms. The molecule has 6 rings (SSSR count). The van der Waals surface area contributed by atoms with Crippen molar-refractivity contribution >= 4 is 37.0 Å². The molecule has 0 aromatic heterocycles. The van der Waals surface area contributed by atoms with Crippen LogP contribution in [-0.4, -0.2) is 0 Å². The molecule has 0 heterocycles. The van der Waals surface area contributed by atoms with Crippen molar-refractivity contribution in [2.24, 2.45) is 0 Å². The van der Waals surface area contributed by atoms with Crippen molar-refractivity contribution in [3.63, 3.8) is 0 Å². The first-order valence-electron chi connectivity index (χ1n) is 13.1. The zero-order valence-corrected chi connectivity index (χ0v) is 24.6. The average Bonchev–Trinajstić information content (AvgIpc) is 3.02. The van der Waals surface area contributed by atoms with Crippen LogP contribution >= 0.6 is 37.0 Å². The highest BCUT2D eigenvalue weighted by Crippen LogP contribution is 2.44. The average molecular weight is 587 g/mol. The molecule has 41 heavy (non-hydrogen) atoms. The van der Waals surface area contributed by atoms with Crippen molar-refractivity contribution < 1.29 is 9.47 Å². The van der Waals surface area contributed by atoms with Gasteiger partial charge in [0, 0.05) is 19.6 Å². The predicted octanol–water partition coefficient (Wildman–Crippen LogP) is 11.3. The van der Waals surface area contributed by atoms with Crippen LogP contribution in [0, 0.1) is 0 Å². The molecule has 0 atom stereocenters. The fraction of sp³-hybridized carbons (Fsp3) is 0. The highest BCUT2D eigenvalue weighted by atomic mass is 32.2. The van der Waals surface area contributed by atoms with Crippen LogP contribution in [0.5, 0.6) is 23.0 Å². The van der Waals surface area contributed by atoms with Crippen LogP contribution in [0.2, 0.25) is 0 Å². The molecule has 0 radical (unpaired) electrons. The number of benzene rings is 6. The van der Waals surface area contributed by atoms with Gasteiger partial charge >= 0.3 is 0 Å². The molecule has 0 spiro atoms. The van der Waals surface area contributed by atoms with Gasteiger partial charge in [-0.15, -0.1) is 25.3 Å². The topological polar surface area (TPSA) is 18.5 Å². The summed E-state index contributed by atoms with van der Waals surface area (Å²) >= 11 is 10.8. The number of thiol groups is 2. The fourth-order valence-electron chi connectivity index (χ4n) is 4.47. The molecule has 0 N–H and O–H groups in total. The van der Waals surface area contributed by atoms with Gasteiger partial charge in [-0.2, -0.15) is 0 Å². The molecule has 0 aliphatic rings. The van der Waals surface area contributed by atoms with E-state index >= 15 is 0 Å². The standard InChI is InChI=1S/C36H26O2S3/c39-33-17-9-7-15-31(33)37-27-19-21-35(29(23-27)25-11-3-1-4-12-25)41-36-22-20-28(38-32-16-8-10-18-34(32)40)24-30(36)26-13-5-2-6-14-26/h1-24,39-40H. The van der Waals surface area contributed by atoms with E-state index in [4.69, 9.17) is 9.47 Å². The maximum absolute atomic E-state index is 6.24. The third-order valence-corrected chi connectivity index (χ3v) is 8.37. The number of rotatable bonds is 8. The highest BCUT2D eigenvalue weighted by molar-refractivity contribution is 7.99. The molecule has 0 amide bonds. The Morgan fingerprint density at radius 1 is 0.415 bits per heavy atom. The highest BCUT2D eigenvalue weighted by Gasteiger charge is 2.15. The molecular formula is C36H26O2S3. The normalized spacial score (nSPS) is 10.8. The van der Waals surface area contributed by atoms with Gasteiger partial charge in [-0.25, -0.2) is 0 Å². The van der Waals surface area contributed by atoms with Gasteiger partial charge in [0.05, 0.1) is 0 Å². The first-order valence-corrected chi connectivity index (χ1v) is 14.8. The first kappa shape index (κ1) is 27.2. The minimum atomic E-state index is 0.722. The second-order valence-electron chi connectivity index (χ2n) is 9.29. The Hall–Kier alpha value is -4.03. The van der Waals surface area contributed by atoms with Crippen molar-refractivity contribution in [3.05, 3.63) is 146 Å². The Bertz CT molecular complexity index is 1650. The summed E-state index contributed by atoms with van der Waals surface area (Å²) in [4.78, 5) is 3.83. The van der Waals surface area contributed by atoms with E-state index in [-0.39, 0.29) is 0 Å². The lowest BCUT2D eigenvalue weighted by Gasteiger charge is -2.16. The predicted molar refractivity (Wildman–Crippen MR) is 175 cm³/mol. The molecule has 0 saturated carbocycles. The molecule has 0 aliphatic carbocycles. The molecule has 200 valence electrons. The maximum atomic E-state index is 6.24. The van der Waals surface area contributed by atoms with E-state index in [1.807, 2.05) is 72.8 Å². The summed E-state index contributed by atoms with van der Waals surface area (Å²) in [5.41, 5.74) is 4.42. The molecule has 5 heteroatoms. The van der Waals surface area contributed by atoms with Crippen LogP contribution in [0.4, 0.5) is 0 Å². The van der Waals surface area contributed by atoms with Gasteiger partial charge in [0.25, 0.3) is 0 Å². The number of hydrogen-bond donors (Lipinski definition) is 2. The van der Waals surface area contributed by atoms with E-state index in [1.165, 1.54) is 0 Å². The Balaban J connectivity index is 1.40.